The molecule has 0 spiro atoms. The van der Waals surface area contributed by atoms with E-state index in [1.807, 2.05) is 18.2 Å². The summed E-state index contributed by atoms with van der Waals surface area (Å²) in [5, 5.41) is 4.00. The SMILES string of the molecule is O=c1[nH]c(CNC2CCCOC2)nc2ccccc12. The zero-order valence-corrected chi connectivity index (χ0v) is 10.7. The second kappa shape index (κ2) is 5.50. The van der Waals surface area contributed by atoms with Gasteiger partial charge in [0.2, 0.25) is 0 Å². The van der Waals surface area contributed by atoms with Crippen molar-refractivity contribution in [1.29, 1.82) is 0 Å². The smallest absolute Gasteiger partial charge is 0.258 e. The highest BCUT2D eigenvalue weighted by atomic mass is 16.5. The lowest BCUT2D eigenvalue weighted by Crippen LogP contribution is -2.37. The number of aromatic amines is 1. The first-order chi connectivity index (χ1) is 9.33. The van der Waals surface area contributed by atoms with Gasteiger partial charge in [-0.1, -0.05) is 12.1 Å². The largest absolute Gasteiger partial charge is 0.380 e. The summed E-state index contributed by atoms with van der Waals surface area (Å²) < 4.78 is 5.41. The van der Waals surface area contributed by atoms with E-state index >= 15 is 0 Å². The fourth-order valence-corrected chi connectivity index (χ4v) is 2.36. The number of ether oxygens (including phenoxy) is 1. The van der Waals surface area contributed by atoms with Gasteiger partial charge in [-0.15, -0.1) is 0 Å². The molecule has 1 aliphatic rings. The van der Waals surface area contributed by atoms with Crippen LogP contribution in [0.5, 0.6) is 0 Å². The number of H-pyrrole nitrogens is 1. The Kier molecular flexibility index (Phi) is 3.57. The molecule has 19 heavy (non-hydrogen) atoms. The van der Waals surface area contributed by atoms with Crippen LogP contribution in [0.15, 0.2) is 29.1 Å². The van der Waals surface area contributed by atoms with Crippen LogP contribution in [0.3, 0.4) is 0 Å². The van der Waals surface area contributed by atoms with Crippen LogP contribution in [0, 0.1) is 0 Å². The van der Waals surface area contributed by atoms with E-state index < -0.39 is 0 Å². The van der Waals surface area contributed by atoms with Gasteiger partial charge in [-0.05, 0) is 25.0 Å². The Morgan fingerprint density at radius 3 is 3.16 bits per heavy atom. The van der Waals surface area contributed by atoms with E-state index in [9.17, 15) is 4.79 Å². The first-order valence-corrected chi connectivity index (χ1v) is 6.62. The molecule has 0 amide bonds. The van der Waals surface area contributed by atoms with Gasteiger partial charge in [0.1, 0.15) is 5.82 Å². The first-order valence-electron chi connectivity index (χ1n) is 6.62. The molecule has 1 atom stereocenters. The average Bonchev–Trinajstić information content (AvgIpc) is 2.46. The van der Waals surface area contributed by atoms with E-state index in [-0.39, 0.29) is 5.56 Å². The maximum absolute atomic E-state index is 11.9. The van der Waals surface area contributed by atoms with Crippen molar-refractivity contribution in [2.45, 2.75) is 25.4 Å². The maximum Gasteiger partial charge on any atom is 0.258 e. The quantitative estimate of drug-likeness (QED) is 0.869. The molecule has 5 heteroatoms. The molecule has 2 N–H and O–H groups in total. The third-order valence-corrected chi connectivity index (χ3v) is 3.38. The highest BCUT2D eigenvalue weighted by Gasteiger charge is 2.13. The van der Waals surface area contributed by atoms with Crippen molar-refractivity contribution in [3.63, 3.8) is 0 Å². The van der Waals surface area contributed by atoms with Gasteiger partial charge >= 0.3 is 0 Å². The second-order valence-electron chi connectivity index (χ2n) is 4.82. The summed E-state index contributed by atoms with van der Waals surface area (Å²) in [5.41, 5.74) is 0.658. The van der Waals surface area contributed by atoms with Gasteiger partial charge in [0.25, 0.3) is 5.56 Å². The minimum absolute atomic E-state index is 0.0812. The molecule has 0 radical (unpaired) electrons. The minimum Gasteiger partial charge on any atom is -0.380 e. The monoisotopic (exact) mass is 259 g/mol. The molecule has 5 nitrogen and oxygen atoms in total. The maximum atomic E-state index is 11.9. The predicted octanol–water partition coefficient (Wildman–Crippen LogP) is 1.19. The van der Waals surface area contributed by atoms with Crippen molar-refractivity contribution in [2.24, 2.45) is 0 Å². The van der Waals surface area contributed by atoms with Crippen LogP contribution in [-0.2, 0) is 11.3 Å². The van der Waals surface area contributed by atoms with Crippen molar-refractivity contribution >= 4 is 10.9 Å². The predicted molar refractivity (Wildman–Crippen MR) is 73.0 cm³/mol. The summed E-state index contributed by atoms with van der Waals surface area (Å²) in [6, 6.07) is 7.73. The molecule has 3 rings (SSSR count). The van der Waals surface area contributed by atoms with E-state index in [4.69, 9.17) is 4.74 Å². The van der Waals surface area contributed by atoms with Crippen LogP contribution in [0.4, 0.5) is 0 Å². The summed E-state index contributed by atoms with van der Waals surface area (Å²) in [7, 11) is 0. The lowest BCUT2D eigenvalue weighted by molar-refractivity contribution is 0.0697. The zero-order valence-electron chi connectivity index (χ0n) is 10.7. The van der Waals surface area contributed by atoms with Crippen LogP contribution in [0.25, 0.3) is 10.9 Å². The summed E-state index contributed by atoms with van der Waals surface area (Å²) in [6.07, 6.45) is 2.19. The Morgan fingerprint density at radius 1 is 1.42 bits per heavy atom. The molecule has 1 saturated heterocycles. The molecule has 1 aliphatic heterocycles. The Morgan fingerprint density at radius 2 is 2.32 bits per heavy atom. The number of hydrogen-bond donors (Lipinski definition) is 2. The topological polar surface area (TPSA) is 67.0 Å². The highest BCUT2D eigenvalue weighted by molar-refractivity contribution is 5.77. The van der Waals surface area contributed by atoms with Crippen molar-refractivity contribution in [3.8, 4) is 0 Å². The van der Waals surface area contributed by atoms with E-state index in [2.05, 4.69) is 15.3 Å². The molecule has 1 aromatic heterocycles. The fraction of sp³-hybridized carbons (Fsp3) is 0.429. The Bertz CT molecular complexity index is 617. The molecule has 1 aromatic carbocycles. The molecule has 2 heterocycles. The number of fused-ring (bicyclic) bond motifs is 1. The molecule has 1 fully saturated rings. The molecule has 0 saturated carbocycles. The van der Waals surface area contributed by atoms with Crippen LogP contribution >= 0.6 is 0 Å². The zero-order chi connectivity index (χ0) is 13.1. The van der Waals surface area contributed by atoms with Crippen molar-refractivity contribution in [2.75, 3.05) is 13.2 Å². The lowest BCUT2D eigenvalue weighted by atomic mass is 10.1. The summed E-state index contributed by atoms with van der Waals surface area (Å²) >= 11 is 0. The molecule has 1 unspecified atom stereocenters. The normalized spacial score (nSPS) is 19.7. The van der Waals surface area contributed by atoms with Gasteiger partial charge in [-0.3, -0.25) is 4.79 Å². The number of rotatable bonds is 3. The molecule has 2 aromatic rings. The Balaban J connectivity index is 1.75. The number of nitrogens with one attached hydrogen (secondary N) is 2. The van der Waals surface area contributed by atoms with E-state index in [1.165, 1.54) is 0 Å². The van der Waals surface area contributed by atoms with Gasteiger partial charge in [-0.2, -0.15) is 0 Å². The number of benzene rings is 1. The minimum atomic E-state index is -0.0812. The van der Waals surface area contributed by atoms with Crippen LogP contribution in [0.2, 0.25) is 0 Å². The third-order valence-electron chi connectivity index (χ3n) is 3.38. The number of aromatic nitrogens is 2. The van der Waals surface area contributed by atoms with Crippen LogP contribution in [0.1, 0.15) is 18.7 Å². The summed E-state index contributed by atoms with van der Waals surface area (Å²) in [4.78, 5) is 19.2. The molecule has 100 valence electrons. The van der Waals surface area contributed by atoms with Crippen LogP contribution < -0.4 is 10.9 Å². The summed E-state index contributed by atoms with van der Waals surface area (Å²) in [6.45, 7) is 2.15. The van der Waals surface area contributed by atoms with Crippen molar-refractivity contribution in [3.05, 3.63) is 40.4 Å². The standard InChI is InChI=1S/C14H17N3O2/c18-14-11-5-1-2-6-12(11)16-13(17-14)8-15-10-4-3-7-19-9-10/h1-2,5-6,10,15H,3-4,7-9H2,(H,16,17,18). The van der Waals surface area contributed by atoms with Crippen LogP contribution in [-0.4, -0.2) is 29.2 Å². The number of para-hydroxylation sites is 1. The van der Waals surface area contributed by atoms with Gasteiger partial charge < -0.3 is 15.0 Å². The third kappa shape index (κ3) is 2.83. The second-order valence-corrected chi connectivity index (χ2v) is 4.82. The van der Waals surface area contributed by atoms with Gasteiger partial charge in [0.15, 0.2) is 0 Å². The number of nitrogens with zero attached hydrogens (tertiary/aromatic N) is 1. The van der Waals surface area contributed by atoms with Gasteiger partial charge in [0.05, 0.1) is 24.1 Å². The molecule has 0 aliphatic carbocycles. The lowest BCUT2D eigenvalue weighted by Gasteiger charge is -2.22. The highest BCUT2D eigenvalue weighted by Crippen LogP contribution is 2.08. The molecule has 0 bridgehead atoms. The fourth-order valence-electron chi connectivity index (χ4n) is 2.36. The van der Waals surface area contributed by atoms with E-state index in [1.54, 1.807) is 6.07 Å². The Labute approximate surface area is 111 Å². The van der Waals surface area contributed by atoms with Crippen molar-refractivity contribution in [1.82, 2.24) is 15.3 Å². The molecular formula is C14H17N3O2. The average molecular weight is 259 g/mol. The van der Waals surface area contributed by atoms with E-state index in [0.29, 0.717) is 23.8 Å². The van der Waals surface area contributed by atoms with Crippen molar-refractivity contribution < 1.29 is 4.74 Å². The van der Waals surface area contributed by atoms with Gasteiger partial charge in [0, 0.05) is 12.6 Å². The summed E-state index contributed by atoms with van der Waals surface area (Å²) in [5.74, 6) is 0.675. The first kappa shape index (κ1) is 12.3. The van der Waals surface area contributed by atoms with Gasteiger partial charge in [-0.25, -0.2) is 4.98 Å². The van der Waals surface area contributed by atoms with E-state index in [0.717, 1.165) is 31.6 Å². The number of hydrogen-bond acceptors (Lipinski definition) is 4. The Hall–Kier alpha value is -1.72. The molecular weight excluding hydrogens is 242 g/mol.